The van der Waals surface area contributed by atoms with Gasteiger partial charge in [-0.25, -0.2) is 5.14 Å². The van der Waals surface area contributed by atoms with Gasteiger partial charge in [0.15, 0.2) is 6.10 Å². The molecule has 0 aromatic carbocycles. The van der Waals surface area contributed by atoms with Gasteiger partial charge in [0.25, 0.3) is 10.2 Å². The van der Waals surface area contributed by atoms with Crippen LogP contribution in [0.15, 0.2) is 0 Å². The van der Waals surface area contributed by atoms with Crippen LogP contribution in [-0.4, -0.2) is 43.7 Å². The molecule has 5 nitrogen and oxygen atoms in total. The van der Waals surface area contributed by atoms with E-state index in [0.29, 0.717) is 0 Å². The normalized spacial score (nSPS) is 16.2. The number of aliphatic hydroxyl groups excluding tert-OH is 1. The largest absolute Gasteiger partial charge is 0.415 e. The van der Waals surface area contributed by atoms with Crippen LogP contribution in [0.25, 0.3) is 0 Å². The molecule has 0 bridgehead atoms. The Morgan fingerprint density at radius 3 is 2.15 bits per heavy atom. The van der Waals surface area contributed by atoms with Gasteiger partial charge in [0.2, 0.25) is 0 Å². The Kier molecular flexibility index (Phi) is 3.67. The number of hydrogen-bond acceptors (Lipinski definition) is 3. The lowest BCUT2D eigenvalue weighted by atomic mass is 10.3. The second kappa shape index (κ2) is 3.78. The van der Waals surface area contributed by atoms with Gasteiger partial charge in [0.1, 0.15) is 0 Å². The van der Waals surface area contributed by atoms with E-state index in [2.05, 4.69) is 5.14 Å². The first-order chi connectivity index (χ1) is 5.55. The third kappa shape index (κ3) is 4.41. The molecule has 80 valence electrons. The van der Waals surface area contributed by atoms with E-state index in [4.69, 9.17) is 5.11 Å². The zero-order chi connectivity index (χ0) is 10.9. The Morgan fingerprint density at radius 1 is 1.54 bits per heavy atom. The Bertz CT molecular complexity index is 262. The van der Waals surface area contributed by atoms with Gasteiger partial charge in [-0.05, 0) is 0 Å². The molecule has 0 unspecified atom stereocenters. The summed E-state index contributed by atoms with van der Waals surface area (Å²) in [5.41, 5.74) is 0. The highest BCUT2D eigenvalue weighted by molar-refractivity contribution is 7.86. The molecule has 0 saturated carbocycles. The van der Waals surface area contributed by atoms with Gasteiger partial charge in [0, 0.05) is 13.6 Å². The molecule has 0 heterocycles. The highest BCUT2D eigenvalue weighted by Crippen LogP contribution is 2.20. The third-order valence-corrected chi connectivity index (χ3v) is 2.26. The molecule has 0 saturated heterocycles. The molecule has 9 heteroatoms. The fourth-order valence-corrected chi connectivity index (χ4v) is 0.800. The summed E-state index contributed by atoms with van der Waals surface area (Å²) in [6.45, 7) is -1.11. The second-order valence-corrected chi connectivity index (χ2v) is 4.04. The predicted octanol–water partition coefficient (Wildman–Crippen LogP) is -0.955. The van der Waals surface area contributed by atoms with E-state index >= 15 is 0 Å². The fraction of sp³-hybridized carbons (Fsp3) is 1.00. The smallest absolute Gasteiger partial charge is 0.382 e. The first kappa shape index (κ1) is 12.6. The van der Waals surface area contributed by atoms with Crippen molar-refractivity contribution in [1.29, 1.82) is 0 Å². The minimum Gasteiger partial charge on any atom is -0.382 e. The highest BCUT2D eigenvalue weighted by Gasteiger charge is 2.39. The van der Waals surface area contributed by atoms with Crippen molar-refractivity contribution in [3.8, 4) is 0 Å². The summed E-state index contributed by atoms with van der Waals surface area (Å²) in [4.78, 5) is 0. The molecule has 0 aliphatic rings. The van der Waals surface area contributed by atoms with Crippen LogP contribution in [-0.2, 0) is 10.2 Å². The van der Waals surface area contributed by atoms with Gasteiger partial charge < -0.3 is 5.11 Å². The molecule has 0 aliphatic heterocycles. The van der Waals surface area contributed by atoms with Crippen LogP contribution in [0.5, 0.6) is 0 Å². The van der Waals surface area contributed by atoms with Crippen molar-refractivity contribution in [3.63, 3.8) is 0 Å². The summed E-state index contributed by atoms with van der Waals surface area (Å²) in [5.74, 6) is 0. The van der Waals surface area contributed by atoms with Crippen LogP contribution in [0, 0.1) is 0 Å². The summed E-state index contributed by atoms with van der Waals surface area (Å²) in [7, 11) is -3.35. The number of aliphatic hydroxyl groups is 1. The summed E-state index contributed by atoms with van der Waals surface area (Å²) in [5, 5.41) is 12.9. The number of alkyl halides is 3. The molecule has 0 amide bonds. The summed E-state index contributed by atoms with van der Waals surface area (Å²) in [6.07, 6.45) is -7.57. The molecule has 0 aromatic rings. The van der Waals surface area contributed by atoms with Crippen LogP contribution in [0.2, 0.25) is 0 Å². The zero-order valence-corrected chi connectivity index (χ0v) is 7.43. The van der Waals surface area contributed by atoms with E-state index in [0.717, 1.165) is 7.05 Å². The third-order valence-electron chi connectivity index (χ3n) is 1.24. The SMILES string of the molecule is CN(C[C@@H](O)C(F)(F)F)S(N)(=O)=O. The molecule has 1 atom stereocenters. The molecular formula is C4H9F3N2O3S. The van der Waals surface area contributed by atoms with Crippen molar-refractivity contribution in [2.75, 3.05) is 13.6 Å². The minimum absolute atomic E-state index is 0.213. The molecule has 0 rings (SSSR count). The van der Waals surface area contributed by atoms with E-state index < -0.39 is 29.0 Å². The second-order valence-electron chi connectivity index (χ2n) is 2.38. The van der Waals surface area contributed by atoms with Crippen molar-refractivity contribution in [1.82, 2.24) is 4.31 Å². The Morgan fingerprint density at radius 2 is 1.92 bits per heavy atom. The molecule has 0 aromatic heterocycles. The molecular weight excluding hydrogens is 213 g/mol. The van der Waals surface area contributed by atoms with E-state index in [9.17, 15) is 21.6 Å². The number of rotatable bonds is 3. The van der Waals surface area contributed by atoms with Crippen molar-refractivity contribution < 1.29 is 26.7 Å². The van der Waals surface area contributed by atoms with Crippen LogP contribution < -0.4 is 5.14 Å². The van der Waals surface area contributed by atoms with E-state index in [-0.39, 0.29) is 4.31 Å². The maximum absolute atomic E-state index is 11.7. The maximum atomic E-state index is 11.7. The first-order valence-corrected chi connectivity index (χ1v) is 4.54. The van der Waals surface area contributed by atoms with E-state index in [1.807, 2.05) is 0 Å². The average Bonchev–Trinajstić information content (AvgIpc) is 1.82. The van der Waals surface area contributed by atoms with Crippen LogP contribution >= 0.6 is 0 Å². The van der Waals surface area contributed by atoms with E-state index in [1.165, 1.54) is 0 Å². The topological polar surface area (TPSA) is 83.6 Å². The first-order valence-electron chi connectivity index (χ1n) is 3.04. The van der Waals surface area contributed by atoms with Crippen molar-refractivity contribution in [2.45, 2.75) is 12.3 Å². The summed E-state index contributed by atoms with van der Waals surface area (Å²) >= 11 is 0. The van der Waals surface area contributed by atoms with Gasteiger partial charge in [0.05, 0.1) is 0 Å². The molecule has 0 fully saturated rings. The van der Waals surface area contributed by atoms with Gasteiger partial charge >= 0.3 is 6.18 Å². The number of halogens is 3. The lowest BCUT2D eigenvalue weighted by Crippen LogP contribution is -2.44. The van der Waals surface area contributed by atoms with Crippen LogP contribution in [0.3, 0.4) is 0 Å². The number of nitrogens with zero attached hydrogens (tertiary/aromatic N) is 1. The Labute approximate surface area is 73.1 Å². The van der Waals surface area contributed by atoms with Crippen LogP contribution in [0.1, 0.15) is 0 Å². The van der Waals surface area contributed by atoms with Crippen molar-refractivity contribution >= 4 is 10.2 Å². The van der Waals surface area contributed by atoms with E-state index in [1.54, 1.807) is 0 Å². The average molecular weight is 222 g/mol. The Balaban J connectivity index is 4.32. The van der Waals surface area contributed by atoms with Gasteiger partial charge in [-0.1, -0.05) is 0 Å². The van der Waals surface area contributed by atoms with Crippen LogP contribution in [0.4, 0.5) is 13.2 Å². The summed E-state index contributed by atoms with van der Waals surface area (Å²) < 4.78 is 56.1. The van der Waals surface area contributed by atoms with Crippen molar-refractivity contribution in [2.24, 2.45) is 5.14 Å². The molecule has 0 aliphatic carbocycles. The standard InChI is InChI=1S/C4H9F3N2O3S/c1-9(13(8,11)12)2-3(10)4(5,6)7/h3,10H,2H2,1H3,(H2,8,11,12)/t3-/m1/s1. The molecule has 0 spiro atoms. The number of hydrogen-bond donors (Lipinski definition) is 2. The lowest BCUT2D eigenvalue weighted by molar-refractivity contribution is -0.204. The number of likely N-dealkylation sites (N-methyl/N-ethyl adjacent to an activating group) is 1. The molecule has 3 N–H and O–H groups in total. The van der Waals surface area contributed by atoms with Gasteiger partial charge in [-0.2, -0.15) is 25.9 Å². The van der Waals surface area contributed by atoms with Crippen molar-refractivity contribution in [3.05, 3.63) is 0 Å². The van der Waals surface area contributed by atoms with Gasteiger partial charge in [-0.15, -0.1) is 0 Å². The van der Waals surface area contributed by atoms with Gasteiger partial charge in [-0.3, -0.25) is 0 Å². The predicted molar refractivity (Wildman–Crippen MR) is 37.8 cm³/mol. The monoisotopic (exact) mass is 222 g/mol. The fourth-order valence-electron chi connectivity index (χ4n) is 0.451. The lowest BCUT2D eigenvalue weighted by Gasteiger charge is -2.19. The summed E-state index contributed by atoms with van der Waals surface area (Å²) in [6, 6.07) is 0. The quantitative estimate of drug-likeness (QED) is 0.645. The maximum Gasteiger partial charge on any atom is 0.415 e. The Hall–Kier alpha value is -0.380. The highest BCUT2D eigenvalue weighted by atomic mass is 32.2. The molecule has 0 radical (unpaired) electrons. The zero-order valence-electron chi connectivity index (χ0n) is 6.61. The molecule has 13 heavy (non-hydrogen) atoms. The minimum atomic E-state index is -4.85. The number of nitrogens with two attached hydrogens (primary N) is 1.